The quantitative estimate of drug-likeness (QED) is 0.321. The van der Waals surface area contributed by atoms with Gasteiger partial charge in [0.05, 0.1) is 24.7 Å². The molecule has 8 heteroatoms. The van der Waals surface area contributed by atoms with Crippen LogP contribution >= 0.6 is 24.0 Å². The predicted molar refractivity (Wildman–Crippen MR) is 143 cm³/mol. The summed E-state index contributed by atoms with van der Waals surface area (Å²) in [7, 11) is 1.61. The Balaban J connectivity index is 1.28. The highest BCUT2D eigenvalue weighted by molar-refractivity contribution is 8.22. The standard InChI is InChI=1S/C26H30N2O4S2/c1-3-27-11-13-28(14-12-27)26(33)34-16-4-15-31-21-9-10-22-24(17-21)32-18-23(25(22)29)19-5-7-20(30-2)8-6-19/h5-10,17-18H,3-4,11-16H2,1-2H3. The van der Waals surface area contributed by atoms with Gasteiger partial charge in [0.1, 0.15) is 27.7 Å². The predicted octanol–water partition coefficient (Wildman–Crippen LogP) is 4.89. The van der Waals surface area contributed by atoms with Crippen LogP contribution in [0.1, 0.15) is 13.3 Å². The second-order valence-electron chi connectivity index (χ2n) is 8.10. The number of likely N-dealkylation sites (N-methyl/N-ethyl adjacent to an activating group) is 1. The van der Waals surface area contributed by atoms with Crippen LogP contribution in [0.5, 0.6) is 11.5 Å². The Hall–Kier alpha value is -2.55. The maximum Gasteiger partial charge on any atom is 0.200 e. The first kappa shape index (κ1) is 24.6. The summed E-state index contributed by atoms with van der Waals surface area (Å²) in [4.78, 5) is 17.7. The van der Waals surface area contributed by atoms with E-state index < -0.39 is 0 Å². The van der Waals surface area contributed by atoms with Crippen LogP contribution in [0.2, 0.25) is 0 Å². The SMILES string of the molecule is CCN1CCN(C(=S)SCCCOc2ccc3c(=O)c(-c4ccc(OC)cc4)coc3c2)CC1. The van der Waals surface area contributed by atoms with Crippen molar-refractivity contribution in [3.05, 3.63) is 59.0 Å². The third-order valence-corrected chi connectivity index (χ3v) is 7.62. The summed E-state index contributed by atoms with van der Waals surface area (Å²) in [6.45, 7) is 8.08. The van der Waals surface area contributed by atoms with Gasteiger partial charge in [0.25, 0.3) is 0 Å². The van der Waals surface area contributed by atoms with Crippen LogP contribution in [0.4, 0.5) is 0 Å². The molecule has 2 heterocycles. The number of nitrogens with zero attached hydrogens (tertiary/aromatic N) is 2. The average molecular weight is 499 g/mol. The highest BCUT2D eigenvalue weighted by atomic mass is 32.2. The zero-order chi connectivity index (χ0) is 23.9. The first-order valence-corrected chi connectivity index (χ1v) is 12.9. The van der Waals surface area contributed by atoms with E-state index in [1.165, 1.54) is 6.26 Å². The van der Waals surface area contributed by atoms with Crippen LogP contribution in [0.25, 0.3) is 22.1 Å². The van der Waals surface area contributed by atoms with Crippen molar-refractivity contribution < 1.29 is 13.9 Å². The molecule has 4 rings (SSSR count). The molecule has 0 unspecified atom stereocenters. The molecule has 0 N–H and O–H groups in total. The molecule has 0 atom stereocenters. The van der Waals surface area contributed by atoms with E-state index in [9.17, 15) is 4.79 Å². The van der Waals surface area contributed by atoms with Crippen LogP contribution in [0.3, 0.4) is 0 Å². The molecule has 0 spiro atoms. The molecule has 0 radical (unpaired) electrons. The lowest BCUT2D eigenvalue weighted by Crippen LogP contribution is -2.47. The molecule has 1 aromatic heterocycles. The van der Waals surface area contributed by atoms with E-state index in [-0.39, 0.29) is 5.43 Å². The van der Waals surface area contributed by atoms with Gasteiger partial charge in [0.2, 0.25) is 0 Å². The van der Waals surface area contributed by atoms with Crippen molar-refractivity contribution in [1.29, 1.82) is 0 Å². The lowest BCUT2D eigenvalue weighted by molar-refractivity contribution is 0.193. The van der Waals surface area contributed by atoms with E-state index in [1.54, 1.807) is 31.0 Å². The number of piperazine rings is 1. The minimum atomic E-state index is -0.0670. The van der Waals surface area contributed by atoms with Gasteiger partial charge in [0, 0.05) is 38.0 Å². The summed E-state index contributed by atoms with van der Waals surface area (Å²) in [5.74, 6) is 2.35. The highest BCUT2D eigenvalue weighted by Gasteiger charge is 2.17. The molecule has 6 nitrogen and oxygen atoms in total. The molecule has 1 saturated heterocycles. The van der Waals surface area contributed by atoms with Gasteiger partial charge in [0.15, 0.2) is 5.43 Å². The van der Waals surface area contributed by atoms with Gasteiger partial charge in [-0.2, -0.15) is 0 Å². The minimum absolute atomic E-state index is 0.0670. The number of hydrogen-bond acceptors (Lipinski definition) is 7. The van der Waals surface area contributed by atoms with Crippen LogP contribution in [0.15, 0.2) is 57.9 Å². The topological polar surface area (TPSA) is 55.2 Å². The van der Waals surface area contributed by atoms with E-state index in [2.05, 4.69) is 16.7 Å². The monoisotopic (exact) mass is 498 g/mol. The maximum atomic E-state index is 13.0. The van der Waals surface area contributed by atoms with Crippen molar-refractivity contribution in [3.8, 4) is 22.6 Å². The lowest BCUT2D eigenvalue weighted by atomic mass is 10.1. The third-order valence-electron chi connectivity index (χ3n) is 6.01. The number of fused-ring (bicyclic) bond motifs is 1. The first-order valence-electron chi connectivity index (χ1n) is 11.6. The van der Waals surface area contributed by atoms with Crippen LogP contribution < -0.4 is 14.9 Å². The summed E-state index contributed by atoms with van der Waals surface area (Å²) >= 11 is 7.32. The number of ether oxygens (including phenoxy) is 2. The van der Waals surface area contributed by atoms with Crippen molar-refractivity contribution in [3.63, 3.8) is 0 Å². The average Bonchev–Trinajstić information content (AvgIpc) is 2.88. The zero-order valence-corrected chi connectivity index (χ0v) is 21.3. The van der Waals surface area contributed by atoms with Gasteiger partial charge >= 0.3 is 0 Å². The molecule has 2 aromatic carbocycles. The molecule has 1 aliphatic rings. The smallest absolute Gasteiger partial charge is 0.200 e. The molecule has 0 aliphatic carbocycles. The molecule has 1 aliphatic heterocycles. The van der Waals surface area contributed by atoms with E-state index in [0.717, 1.165) is 60.5 Å². The van der Waals surface area contributed by atoms with E-state index in [0.29, 0.717) is 28.9 Å². The van der Waals surface area contributed by atoms with Gasteiger partial charge in [-0.1, -0.05) is 43.0 Å². The van der Waals surface area contributed by atoms with Gasteiger partial charge < -0.3 is 23.7 Å². The Kier molecular flexibility index (Phi) is 8.48. The normalized spacial score (nSPS) is 14.4. The van der Waals surface area contributed by atoms with Crippen molar-refractivity contribution in [2.45, 2.75) is 13.3 Å². The van der Waals surface area contributed by atoms with E-state index in [1.807, 2.05) is 30.3 Å². The Morgan fingerprint density at radius 2 is 1.82 bits per heavy atom. The fraction of sp³-hybridized carbons (Fsp3) is 0.385. The van der Waals surface area contributed by atoms with E-state index >= 15 is 0 Å². The van der Waals surface area contributed by atoms with Gasteiger partial charge in [-0.25, -0.2) is 0 Å². The maximum absolute atomic E-state index is 13.0. The molecular weight excluding hydrogens is 468 g/mol. The van der Waals surface area contributed by atoms with Crippen LogP contribution in [0, 0.1) is 0 Å². The summed E-state index contributed by atoms with van der Waals surface area (Å²) in [5, 5.41) is 0.532. The molecule has 0 saturated carbocycles. The number of hydrogen-bond donors (Lipinski definition) is 0. The summed E-state index contributed by atoms with van der Waals surface area (Å²) in [5.41, 5.74) is 1.76. The van der Waals surface area contributed by atoms with Crippen molar-refractivity contribution in [1.82, 2.24) is 9.80 Å². The number of benzene rings is 2. The van der Waals surface area contributed by atoms with Crippen molar-refractivity contribution in [2.24, 2.45) is 0 Å². The summed E-state index contributed by atoms with van der Waals surface area (Å²) in [6.07, 6.45) is 2.40. The van der Waals surface area contributed by atoms with Gasteiger partial charge in [-0.05, 0) is 42.8 Å². The largest absolute Gasteiger partial charge is 0.497 e. The van der Waals surface area contributed by atoms with Gasteiger partial charge in [-0.3, -0.25) is 4.79 Å². The Labute approximate surface area is 209 Å². The Morgan fingerprint density at radius 1 is 1.09 bits per heavy atom. The van der Waals surface area contributed by atoms with Gasteiger partial charge in [-0.15, -0.1) is 0 Å². The molecule has 1 fully saturated rings. The molecule has 0 bridgehead atoms. The molecule has 0 amide bonds. The molecule has 3 aromatic rings. The number of thiocarbonyl (C=S) groups is 1. The highest BCUT2D eigenvalue weighted by Crippen LogP contribution is 2.25. The first-order chi connectivity index (χ1) is 16.6. The number of methoxy groups -OCH3 is 1. The zero-order valence-electron chi connectivity index (χ0n) is 19.6. The minimum Gasteiger partial charge on any atom is -0.497 e. The Morgan fingerprint density at radius 3 is 2.53 bits per heavy atom. The summed E-state index contributed by atoms with van der Waals surface area (Å²) in [6, 6.07) is 12.7. The fourth-order valence-corrected chi connectivity index (χ4v) is 5.15. The number of thioether (sulfide) groups is 1. The molecule has 34 heavy (non-hydrogen) atoms. The second kappa shape index (κ2) is 11.7. The molecular formula is C26H30N2O4S2. The number of rotatable bonds is 8. The van der Waals surface area contributed by atoms with E-state index in [4.69, 9.17) is 26.1 Å². The third kappa shape index (κ3) is 5.92. The second-order valence-corrected chi connectivity index (χ2v) is 9.83. The Bertz CT molecular complexity index is 1170. The van der Waals surface area contributed by atoms with Crippen LogP contribution in [-0.4, -0.2) is 66.3 Å². The van der Waals surface area contributed by atoms with Crippen molar-refractivity contribution >= 4 is 39.3 Å². The van der Waals surface area contributed by atoms with Crippen LogP contribution in [-0.2, 0) is 0 Å². The van der Waals surface area contributed by atoms with Crippen molar-refractivity contribution in [2.75, 3.05) is 52.2 Å². The molecule has 180 valence electrons. The fourth-order valence-electron chi connectivity index (χ4n) is 3.91. The lowest BCUT2D eigenvalue weighted by Gasteiger charge is -2.35. The summed E-state index contributed by atoms with van der Waals surface area (Å²) < 4.78 is 17.8.